The van der Waals surface area contributed by atoms with Crippen LogP contribution in [0.4, 0.5) is 5.82 Å². The predicted molar refractivity (Wildman–Crippen MR) is 86.4 cm³/mol. The van der Waals surface area contributed by atoms with Crippen molar-refractivity contribution in [2.75, 3.05) is 5.32 Å². The van der Waals surface area contributed by atoms with Crippen LogP contribution in [0.25, 0.3) is 11.1 Å². The number of anilines is 1. The summed E-state index contributed by atoms with van der Waals surface area (Å²) >= 11 is 0. The van der Waals surface area contributed by atoms with Crippen LogP contribution in [0.5, 0.6) is 0 Å². The average Bonchev–Trinajstić information content (AvgIpc) is 3.13. The zero-order valence-corrected chi connectivity index (χ0v) is 13.1. The van der Waals surface area contributed by atoms with E-state index in [0.29, 0.717) is 28.9 Å². The number of fused-ring (bicyclic) bond motifs is 1. The van der Waals surface area contributed by atoms with Crippen molar-refractivity contribution < 1.29 is 9.21 Å². The lowest BCUT2D eigenvalue weighted by Gasteiger charge is -2.14. The van der Waals surface area contributed by atoms with Gasteiger partial charge in [-0.05, 0) is 44.7 Å². The normalized spacial score (nSPS) is 15.7. The number of pyridine rings is 1. The Morgan fingerprint density at radius 1 is 1.39 bits per heavy atom. The Morgan fingerprint density at radius 2 is 2.22 bits per heavy atom. The maximum Gasteiger partial charge on any atom is 0.292 e. The molecule has 4 rings (SSSR count). The number of aryl methyl sites for hydroxylation is 1. The quantitative estimate of drug-likeness (QED) is 0.799. The van der Waals surface area contributed by atoms with Crippen LogP contribution in [0, 0.1) is 12.8 Å². The molecule has 3 aromatic heterocycles. The number of furan rings is 1. The second-order valence-electron chi connectivity index (χ2n) is 6.14. The highest BCUT2D eigenvalue weighted by Crippen LogP contribution is 2.40. The molecule has 0 saturated heterocycles. The largest absolute Gasteiger partial charge is 0.449 e. The van der Waals surface area contributed by atoms with Crippen molar-refractivity contribution in [2.24, 2.45) is 5.92 Å². The van der Waals surface area contributed by atoms with Gasteiger partial charge in [-0.15, -0.1) is 0 Å². The summed E-state index contributed by atoms with van der Waals surface area (Å²) in [6, 6.07) is 7.46. The summed E-state index contributed by atoms with van der Waals surface area (Å²) in [6.45, 7) is 4.04. The van der Waals surface area contributed by atoms with Crippen molar-refractivity contribution in [3.8, 4) is 0 Å². The molecule has 0 aliphatic heterocycles. The van der Waals surface area contributed by atoms with Crippen LogP contribution in [0.15, 0.2) is 34.9 Å². The fourth-order valence-corrected chi connectivity index (χ4v) is 2.83. The summed E-state index contributed by atoms with van der Waals surface area (Å²) in [7, 11) is 0. The first-order valence-corrected chi connectivity index (χ1v) is 7.84. The van der Waals surface area contributed by atoms with Crippen molar-refractivity contribution in [3.05, 3.63) is 41.9 Å². The van der Waals surface area contributed by atoms with Gasteiger partial charge in [-0.1, -0.05) is 0 Å². The Bertz CT molecular complexity index is 876. The molecule has 1 N–H and O–H groups in total. The van der Waals surface area contributed by atoms with E-state index in [2.05, 4.69) is 22.3 Å². The number of carbonyl (C=O) groups excluding carboxylic acids is 1. The third kappa shape index (κ3) is 2.60. The minimum Gasteiger partial charge on any atom is -0.449 e. The van der Waals surface area contributed by atoms with E-state index in [-0.39, 0.29) is 11.7 Å². The number of amides is 1. The van der Waals surface area contributed by atoms with Gasteiger partial charge in [0.15, 0.2) is 11.3 Å². The summed E-state index contributed by atoms with van der Waals surface area (Å²) in [5, 5.41) is 7.22. The molecule has 0 radical (unpaired) electrons. The van der Waals surface area contributed by atoms with Crippen molar-refractivity contribution >= 4 is 22.8 Å². The van der Waals surface area contributed by atoms with E-state index in [9.17, 15) is 4.79 Å². The van der Waals surface area contributed by atoms with Gasteiger partial charge in [0.2, 0.25) is 0 Å². The Morgan fingerprint density at radius 3 is 3.00 bits per heavy atom. The first-order valence-electron chi connectivity index (χ1n) is 7.84. The highest BCUT2D eigenvalue weighted by molar-refractivity contribution is 6.03. The van der Waals surface area contributed by atoms with Crippen molar-refractivity contribution in [1.82, 2.24) is 14.8 Å². The van der Waals surface area contributed by atoms with Crippen molar-refractivity contribution in [1.29, 1.82) is 0 Å². The SMILES string of the molecule is Cc1ccc2oc(C(=O)Nc3ccnn3[C@H](C)C3CC3)cc2n1. The lowest BCUT2D eigenvalue weighted by molar-refractivity contribution is 0.0997. The van der Waals surface area contributed by atoms with Crippen LogP contribution in [0.3, 0.4) is 0 Å². The lowest BCUT2D eigenvalue weighted by atomic mass is 10.2. The minimum absolute atomic E-state index is 0.255. The van der Waals surface area contributed by atoms with E-state index < -0.39 is 0 Å². The molecule has 0 aromatic carbocycles. The maximum absolute atomic E-state index is 12.5. The third-order valence-electron chi connectivity index (χ3n) is 4.34. The summed E-state index contributed by atoms with van der Waals surface area (Å²) < 4.78 is 7.47. The van der Waals surface area contributed by atoms with Gasteiger partial charge in [0.25, 0.3) is 5.91 Å². The van der Waals surface area contributed by atoms with E-state index >= 15 is 0 Å². The van der Waals surface area contributed by atoms with E-state index in [1.54, 1.807) is 12.3 Å². The van der Waals surface area contributed by atoms with Crippen LogP contribution in [0.2, 0.25) is 0 Å². The lowest BCUT2D eigenvalue weighted by Crippen LogP contribution is -2.18. The van der Waals surface area contributed by atoms with Gasteiger partial charge in [0.05, 0.1) is 12.2 Å². The molecular weight excluding hydrogens is 292 g/mol. The van der Waals surface area contributed by atoms with Gasteiger partial charge in [-0.25, -0.2) is 9.67 Å². The molecule has 3 heterocycles. The van der Waals surface area contributed by atoms with Crippen LogP contribution in [-0.2, 0) is 0 Å². The summed E-state index contributed by atoms with van der Waals surface area (Å²) in [5.41, 5.74) is 2.19. The smallest absolute Gasteiger partial charge is 0.292 e. The second-order valence-corrected chi connectivity index (χ2v) is 6.14. The Hall–Kier alpha value is -2.63. The molecule has 6 nitrogen and oxygen atoms in total. The average molecular weight is 310 g/mol. The van der Waals surface area contributed by atoms with Crippen LogP contribution in [-0.4, -0.2) is 20.7 Å². The molecule has 3 aromatic rings. The molecule has 1 saturated carbocycles. The molecule has 1 aliphatic rings. The number of aromatic nitrogens is 3. The summed E-state index contributed by atoms with van der Waals surface area (Å²) in [5.74, 6) is 1.32. The van der Waals surface area contributed by atoms with Gasteiger partial charge in [0.1, 0.15) is 11.3 Å². The van der Waals surface area contributed by atoms with Crippen LogP contribution in [0.1, 0.15) is 42.1 Å². The maximum atomic E-state index is 12.5. The van der Waals surface area contributed by atoms with E-state index in [1.165, 1.54) is 12.8 Å². The van der Waals surface area contributed by atoms with Crippen LogP contribution >= 0.6 is 0 Å². The third-order valence-corrected chi connectivity index (χ3v) is 4.34. The van der Waals surface area contributed by atoms with E-state index in [4.69, 9.17) is 4.42 Å². The number of carbonyl (C=O) groups is 1. The Balaban J connectivity index is 1.58. The molecule has 1 aliphatic carbocycles. The zero-order valence-electron chi connectivity index (χ0n) is 13.1. The molecular formula is C17H18N4O2. The van der Waals surface area contributed by atoms with Gasteiger partial charge >= 0.3 is 0 Å². The molecule has 23 heavy (non-hydrogen) atoms. The van der Waals surface area contributed by atoms with Gasteiger partial charge in [0, 0.05) is 17.8 Å². The standard InChI is InChI=1S/C17H18N4O2/c1-10-3-6-14-13(19-10)9-15(23-14)17(22)20-16-7-8-18-21(16)11(2)12-4-5-12/h3,6-9,11-12H,4-5H2,1-2H3,(H,20,22)/t11-/m1/s1. The molecule has 0 bridgehead atoms. The van der Waals surface area contributed by atoms with Gasteiger partial charge in [-0.3, -0.25) is 4.79 Å². The molecule has 1 fully saturated rings. The zero-order chi connectivity index (χ0) is 16.0. The Labute approximate surface area is 133 Å². The van der Waals surface area contributed by atoms with E-state index in [1.807, 2.05) is 29.8 Å². The molecule has 118 valence electrons. The van der Waals surface area contributed by atoms with Crippen molar-refractivity contribution in [3.63, 3.8) is 0 Å². The van der Waals surface area contributed by atoms with Gasteiger partial charge in [-0.2, -0.15) is 5.10 Å². The summed E-state index contributed by atoms with van der Waals surface area (Å²) in [4.78, 5) is 16.8. The molecule has 0 spiro atoms. The summed E-state index contributed by atoms with van der Waals surface area (Å²) in [6.07, 6.45) is 4.16. The molecule has 1 amide bonds. The topological polar surface area (TPSA) is 73.0 Å². The first kappa shape index (κ1) is 14.0. The number of rotatable bonds is 4. The fraction of sp³-hybridized carbons (Fsp3) is 0.353. The fourth-order valence-electron chi connectivity index (χ4n) is 2.83. The highest BCUT2D eigenvalue weighted by atomic mass is 16.3. The van der Waals surface area contributed by atoms with Crippen LogP contribution < -0.4 is 5.32 Å². The number of hydrogen-bond acceptors (Lipinski definition) is 4. The first-order chi connectivity index (χ1) is 11.1. The number of hydrogen-bond donors (Lipinski definition) is 1. The molecule has 1 atom stereocenters. The molecule has 6 heteroatoms. The van der Waals surface area contributed by atoms with Gasteiger partial charge < -0.3 is 9.73 Å². The monoisotopic (exact) mass is 310 g/mol. The molecule has 0 unspecified atom stereocenters. The second kappa shape index (κ2) is 5.22. The predicted octanol–water partition coefficient (Wildman–Crippen LogP) is 3.56. The number of nitrogens with zero attached hydrogens (tertiary/aromatic N) is 3. The highest BCUT2D eigenvalue weighted by Gasteiger charge is 2.31. The minimum atomic E-state index is -0.287. The number of nitrogens with one attached hydrogen (secondary N) is 1. The van der Waals surface area contributed by atoms with Crippen molar-refractivity contribution in [2.45, 2.75) is 32.7 Å². The Kier molecular flexibility index (Phi) is 3.18. The van der Waals surface area contributed by atoms with E-state index in [0.717, 1.165) is 5.69 Å².